The minimum absolute atomic E-state index is 0.154. The van der Waals surface area contributed by atoms with E-state index in [-0.39, 0.29) is 19.1 Å². The van der Waals surface area contributed by atoms with Gasteiger partial charge in [-0.25, -0.2) is 0 Å². The number of methoxy groups -OCH3 is 1. The number of aliphatic hydroxyl groups excluding tert-OH is 1. The lowest BCUT2D eigenvalue weighted by Gasteiger charge is -2.15. The van der Waals surface area contributed by atoms with E-state index in [1.807, 2.05) is 13.8 Å². The summed E-state index contributed by atoms with van der Waals surface area (Å²) in [5, 5.41) is 16.0. The molecule has 17 heavy (non-hydrogen) atoms. The normalized spacial score (nSPS) is 12.5. The van der Waals surface area contributed by atoms with Crippen molar-refractivity contribution in [3.63, 3.8) is 0 Å². The molecule has 1 unspecified atom stereocenters. The summed E-state index contributed by atoms with van der Waals surface area (Å²) < 4.78 is 6.53. The number of nitrogens with zero attached hydrogens (tertiary/aromatic N) is 2. The second-order valence-electron chi connectivity index (χ2n) is 3.80. The zero-order chi connectivity index (χ0) is 12.8. The molecule has 0 aromatic carbocycles. The Balaban J connectivity index is 2.74. The average molecular weight is 241 g/mol. The van der Waals surface area contributed by atoms with Gasteiger partial charge in [-0.1, -0.05) is 0 Å². The first-order valence-corrected chi connectivity index (χ1v) is 5.57. The van der Waals surface area contributed by atoms with Crippen molar-refractivity contribution in [1.29, 1.82) is 0 Å². The summed E-state index contributed by atoms with van der Waals surface area (Å²) in [6, 6.07) is 1.33. The Kier molecular flexibility index (Phi) is 5.11. The monoisotopic (exact) mass is 241 g/mol. The number of aryl methyl sites for hydroxylation is 2. The smallest absolute Gasteiger partial charge is 0.269 e. The van der Waals surface area contributed by atoms with E-state index in [0.29, 0.717) is 12.2 Å². The van der Waals surface area contributed by atoms with Crippen LogP contribution in [0.5, 0.6) is 0 Å². The Morgan fingerprint density at radius 1 is 1.71 bits per heavy atom. The van der Waals surface area contributed by atoms with Crippen LogP contribution in [0.4, 0.5) is 0 Å². The van der Waals surface area contributed by atoms with Gasteiger partial charge < -0.3 is 15.2 Å². The van der Waals surface area contributed by atoms with Gasteiger partial charge in [0.05, 0.1) is 24.9 Å². The van der Waals surface area contributed by atoms with Crippen molar-refractivity contribution in [3.8, 4) is 0 Å². The lowest BCUT2D eigenvalue weighted by molar-refractivity contribution is 0.0830. The van der Waals surface area contributed by atoms with E-state index in [9.17, 15) is 4.79 Å². The molecule has 0 aliphatic carbocycles. The van der Waals surface area contributed by atoms with Crippen LogP contribution in [0, 0.1) is 6.92 Å². The Hall–Kier alpha value is -1.40. The molecule has 6 nitrogen and oxygen atoms in total. The number of aliphatic hydroxyl groups is 1. The van der Waals surface area contributed by atoms with Gasteiger partial charge in [0.1, 0.15) is 5.69 Å². The quantitative estimate of drug-likeness (QED) is 0.732. The molecule has 1 aromatic heterocycles. The Morgan fingerprint density at radius 3 is 2.94 bits per heavy atom. The van der Waals surface area contributed by atoms with Crippen molar-refractivity contribution in [2.75, 3.05) is 20.3 Å². The summed E-state index contributed by atoms with van der Waals surface area (Å²) in [5.74, 6) is -0.247. The number of rotatable bonds is 6. The summed E-state index contributed by atoms with van der Waals surface area (Å²) in [4.78, 5) is 11.9. The first-order chi connectivity index (χ1) is 8.12. The predicted octanol–water partition coefficient (Wildman–Crippen LogP) is -0.0515. The lowest BCUT2D eigenvalue weighted by atomic mass is 10.3. The van der Waals surface area contributed by atoms with Gasteiger partial charge in [0, 0.05) is 13.7 Å². The van der Waals surface area contributed by atoms with Crippen molar-refractivity contribution < 1.29 is 14.6 Å². The standard InChI is InChI=1S/C11H19N3O3/c1-4-14-10(5-8(2)13-14)11(16)12-9(6-15)7-17-3/h5,9,15H,4,6-7H2,1-3H3,(H,12,16). The number of amides is 1. The van der Waals surface area contributed by atoms with E-state index < -0.39 is 6.04 Å². The van der Waals surface area contributed by atoms with Crippen molar-refractivity contribution in [1.82, 2.24) is 15.1 Å². The van der Waals surface area contributed by atoms with Gasteiger partial charge in [0.2, 0.25) is 0 Å². The molecule has 96 valence electrons. The maximum Gasteiger partial charge on any atom is 0.269 e. The van der Waals surface area contributed by atoms with Crippen LogP contribution in [0.1, 0.15) is 23.1 Å². The van der Waals surface area contributed by atoms with E-state index in [4.69, 9.17) is 9.84 Å². The van der Waals surface area contributed by atoms with E-state index in [0.717, 1.165) is 5.69 Å². The molecule has 0 aliphatic rings. The summed E-state index contributed by atoms with van der Waals surface area (Å²) in [6.07, 6.45) is 0. The molecule has 0 fully saturated rings. The predicted molar refractivity (Wildman–Crippen MR) is 62.9 cm³/mol. The number of hydrogen-bond donors (Lipinski definition) is 2. The van der Waals surface area contributed by atoms with Gasteiger partial charge in [0.25, 0.3) is 5.91 Å². The Bertz CT molecular complexity index is 376. The second-order valence-corrected chi connectivity index (χ2v) is 3.80. The molecule has 0 saturated heterocycles. The highest BCUT2D eigenvalue weighted by molar-refractivity contribution is 5.92. The molecule has 0 radical (unpaired) electrons. The minimum atomic E-state index is -0.395. The third-order valence-corrected chi connectivity index (χ3v) is 2.36. The SMILES string of the molecule is CCn1nc(C)cc1C(=O)NC(CO)COC. The highest BCUT2D eigenvalue weighted by Crippen LogP contribution is 2.04. The number of carbonyl (C=O) groups is 1. The molecular weight excluding hydrogens is 222 g/mol. The fourth-order valence-corrected chi connectivity index (χ4v) is 1.57. The molecule has 2 N–H and O–H groups in total. The average Bonchev–Trinajstić information content (AvgIpc) is 2.69. The maximum absolute atomic E-state index is 11.9. The summed E-state index contributed by atoms with van der Waals surface area (Å²) in [5.41, 5.74) is 1.30. The van der Waals surface area contributed by atoms with Crippen LogP contribution >= 0.6 is 0 Å². The first kappa shape index (κ1) is 13.7. The lowest BCUT2D eigenvalue weighted by Crippen LogP contribution is -2.41. The van der Waals surface area contributed by atoms with Crippen LogP contribution in [-0.2, 0) is 11.3 Å². The van der Waals surface area contributed by atoms with Gasteiger partial charge in [0.15, 0.2) is 0 Å². The Morgan fingerprint density at radius 2 is 2.41 bits per heavy atom. The minimum Gasteiger partial charge on any atom is -0.394 e. The molecule has 1 aromatic rings. The second kappa shape index (κ2) is 6.36. The highest BCUT2D eigenvalue weighted by Gasteiger charge is 2.16. The molecule has 0 aliphatic heterocycles. The molecular formula is C11H19N3O3. The van der Waals surface area contributed by atoms with Crippen LogP contribution < -0.4 is 5.32 Å². The van der Waals surface area contributed by atoms with E-state index in [1.165, 1.54) is 7.11 Å². The molecule has 1 amide bonds. The number of aromatic nitrogens is 2. The first-order valence-electron chi connectivity index (χ1n) is 5.57. The third kappa shape index (κ3) is 3.54. The zero-order valence-electron chi connectivity index (χ0n) is 10.4. The summed E-state index contributed by atoms with van der Waals surface area (Å²) in [6.45, 7) is 4.51. The van der Waals surface area contributed by atoms with Gasteiger partial charge in [-0.15, -0.1) is 0 Å². The van der Waals surface area contributed by atoms with Crippen LogP contribution in [0.15, 0.2) is 6.07 Å². The number of hydrogen-bond acceptors (Lipinski definition) is 4. The van der Waals surface area contributed by atoms with Crippen molar-refractivity contribution in [2.24, 2.45) is 0 Å². The molecule has 6 heteroatoms. The topological polar surface area (TPSA) is 76.4 Å². The number of ether oxygens (including phenoxy) is 1. The van der Waals surface area contributed by atoms with Gasteiger partial charge in [-0.05, 0) is 19.9 Å². The fourth-order valence-electron chi connectivity index (χ4n) is 1.57. The van der Waals surface area contributed by atoms with Crippen molar-refractivity contribution >= 4 is 5.91 Å². The summed E-state index contributed by atoms with van der Waals surface area (Å²) in [7, 11) is 1.52. The summed E-state index contributed by atoms with van der Waals surface area (Å²) >= 11 is 0. The van der Waals surface area contributed by atoms with Crippen LogP contribution in [0.2, 0.25) is 0 Å². The van der Waals surface area contributed by atoms with E-state index >= 15 is 0 Å². The molecule has 1 rings (SSSR count). The van der Waals surface area contributed by atoms with Crippen molar-refractivity contribution in [3.05, 3.63) is 17.5 Å². The maximum atomic E-state index is 11.9. The number of carbonyl (C=O) groups excluding carboxylic acids is 1. The van der Waals surface area contributed by atoms with Gasteiger partial charge in [-0.2, -0.15) is 5.10 Å². The van der Waals surface area contributed by atoms with Gasteiger partial charge >= 0.3 is 0 Å². The van der Waals surface area contributed by atoms with E-state index in [1.54, 1.807) is 10.7 Å². The van der Waals surface area contributed by atoms with Gasteiger partial charge in [-0.3, -0.25) is 9.48 Å². The Labute approximate surface area is 101 Å². The van der Waals surface area contributed by atoms with Crippen LogP contribution in [0.25, 0.3) is 0 Å². The third-order valence-electron chi connectivity index (χ3n) is 2.36. The largest absolute Gasteiger partial charge is 0.394 e. The van der Waals surface area contributed by atoms with Crippen LogP contribution in [-0.4, -0.2) is 47.2 Å². The molecule has 0 spiro atoms. The highest BCUT2D eigenvalue weighted by atomic mass is 16.5. The number of nitrogens with one attached hydrogen (secondary N) is 1. The molecule has 1 heterocycles. The van der Waals surface area contributed by atoms with E-state index in [2.05, 4.69) is 10.4 Å². The zero-order valence-corrected chi connectivity index (χ0v) is 10.4. The van der Waals surface area contributed by atoms with Crippen molar-refractivity contribution in [2.45, 2.75) is 26.4 Å². The van der Waals surface area contributed by atoms with Crippen LogP contribution in [0.3, 0.4) is 0 Å². The fraction of sp³-hybridized carbons (Fsp3) is 0.636. The molecule has 0 saturated carbocycles. The molecule has 0 bridgehead atoms. The molecule has 1 atom stereocenters.